The maximum atomic E-state index is 4.06. The molecule has 2 aromatic rings. The number of aromatic nitrogens is 2. The summed E-state index contributed by atoms with van der Waals surface area (Å²) >= 11 is 0. The van der Waals surface area contributed by atoms with Gasteiger partial charge in [-0.1, -0.05) is 23.7 Å². The van der Waals surface area contributed by atoms with Gasteiger partial charge >= 0.3 is 0 Å². The average Bonchev–Trinajstić information content (AvgIpc) is 2.05. The van der Waals surface area contributed by atoms with Crippen LogP contribution in [0.3, 0.4) is 0 Å². The van der Waals surface area contributed by atoms with Gasteiger partial charge in [0, 0.05) is 169 Å². The Kier molecular flexibility index (Phi) is 29.5. The van der Waals surface area contributed by atoms with Crippen molar-refractivity contribution in [1.82, 2.24) is 9.97 Å². The number of rotatable bonds is 0. The topological polar surface area (TPSA) is 25.8 Å². The average molecular weight is 574 g/mol. The molecule has 0 aliphatic carbocycles. The van der Waals surface area contributed by atoms with E-state index in [-0.39, 0.29) is 164 Å². The molecular weight excluding hydrogens is 569 g/mol. The Hall–Kier alpha value is 4.08. The van der Waals surface area contributed by atoms with Gasteiger partial charge in [0.1, 0.15) is 0 Å². The number of para-hydroxylation sites is 2. The molecule has 5 radical (unpaired) electrons. The van der Waals surface area contributed by atoms with E-state index in [2.05, 4.69) is 16.2 Å². The molecule has 0 spiro atoms. The normalized spacial score (nSPS) is 6.67. The molecule has 1 aromatic carbocycles. The Morgan fingerprint density at radius 2 is 1.33 bits per heavy atom. The Morgan fingerprint density at radius 3 is 1.87 bits per heavy atom. The third-order valence-electron chi connectivity index (χ3n) is 1.33. The first-order valence-corrected chi connectivity index (χ1v) is 3.05. The summed E-state index contributed by atoms with van der Waals surface area (Å²) in [5.74, 6) is 0. The van der Waals surface area contributed by atoms with Crippen LogP contribution >= 0.6 is 0 Å². The van der Waals surface area contributed by atoms with Gasteiger partial charge in [-0.25, -0.2) is 0 Å². The summed E-state index contributed by atoms with van der Waals surface area (Å²) in [5, 5.41) is 0. The van der Waals surface area contributed by atoms with Crippen LogP contribution in [-0.2, 0) is 164 Å². The molecule has 0 unspecified atom stereocenters. The molecule has 0 N–H and O–H groups in total. The molecule has 7 heteroatoms. The molecule has 2 nitrogen and oxygen atoms in total. The van der Waals surface area contributed by atoms with Crippen LogP contribution < -0.4 is 0 Å². The van der Waals surface area contributed by atoms with Crippen molar-refractivity contribution in [2.24, 2.45) is 0 Å². The van der Waals surface area contributed by atoms with E-state index < -0.39 is 0 Å². The summed E-state index contributed by atoms with van der Waals surface area (Å²) in [7, 11) is 0. The summed E-state index contributed by atoms with van der Waals surface area (Å²) in [6.45, 7) is 0. The van der Waals surface area contributed by atoms with Crippen LogP contribution in [0.1, 0.15) is 0 Å². The molecule has 0 saturated heterocycles. The Bertz CT molecular complexity index is 292. The second kappa shape index (κ2) is 16.1. The van der Waals surface area contributed by atoms with Gasteiger partial charge in [-0.3, -0.25) is 4.98 Å². The molecule has 0 aliphatic heterocycles. The van der Waals surface area contributed by atoms with Crippen molar-refractivity contribution in [1.29, 1.82) is 0 Å². The predicted octanol–water partition coefficient (Wildman–Crippen LogP) is 1.42. The molecule has 0 amide bonds. The number of hydrogen-bond acceptors (Lipinski definition) is 2. The summed E-state index contributed by atoms with van der Waals surface area (Å²) in [5.41, 5.74) is 1.81. The van der Waals surface area contributed by atoms with Crippen molar-refractivity contribution in [2.75, 3.05) is 0 Å². The zero-order chi connectivity index (χ0) is 6.81. The standard InChI is InChI=1S/C8H5N2.5Y/c1-2-4-8-7(3-1)9-5-6-10-8;;;;;/h1-5H;;;;;/q-1;;;;;. The SMILES string of the molecule is [Y].[Y].[Y].[Y].[Y].[c-]1cnc2ccccc2n1. The molecule has 1 aromatic heterocycles. The molecule has 0 atom stereocenters. The van der Waals surface area contributed by atoms with Crippen molar-refractivity contribution >= 4 is 11.0 Å². The Labute approximate surface area is 215 Å². The molecule has 63 valence electrons. The minimum absolute atomic E-state index is 0. The summed E-state index contributed by atoms with van der Waals surface area (Å²) in [4.78, 5) is 8.06. The van der Waals surface area contributed by atoms with E-state index in [9.17, 15) is 0 Å². The maximum Gasteiger partial charge on any atom is 0.00478 e. The van der Waals surface area contributed by atoms with Crippen LogP contribution in [-0.4, -0.2) is 9.97 Å². The van der Waals surface area contributed by atoms with Gasteiger partial charge in [0.2, 0.25) is 0 Å². The van der Waals surface area contributed by atoms with Crippen LogP contribution in [0.5, 0.6) is 0 Å². The fourth-order valence-corrected chi connectivity index (χ4v) is 0.865. The third kappa shape index (κ3) is 9.59. The van der Waals surface area contributed by atoms with E-state index in [1.54, 1.807) is 6.20 Å². The first kappa shape index (κ1) is 27.4. The van der Waals surface area contributed by atoms with E-state index in [1.165, 1.54) is 0 Å². The van der Waals surface area contributed by atoms with Gasteiger partial charge in [-0.2, -0.15) is 0 Å². The second-order valence-electron chi connectivity index (χ2n) is 1.99. The van der Waals surface area contributed by atoms with Gasteiger partial charge in [0.05, 0.1) is 0 Å². The largest absolute Gasteiger partial charge is 0.448 e. The van der Waals surface area contributed by atoms with E-state index in [4.69, 9.17) is 0 Å². The maximum absolute atomic E-state index is 4.06. The molecule has 1 heterocycles. The quantitative estimate of drug-likeness (QED) is 0.446. The van der Waals surface area contributed by atoms with Crippen LogP contribution in [0.15, 0.2) is 30.5 Å². The van der Waals surface area contributed by atoms with Gasteiger partial charge in [-0.05, 0) is 6.20 Å². The van der Waals surface area contributed by atoms with E-state index >= 15 is 0 Å². The monoisotopic (exact) mass is 574 g/mol. The van der Waals surface area contributed by atoms with E-state index in [1.807, 2.05) is 24.3 Å². The summed E-state index contributed by atoms with van der Waals surface area (Å²) < 4.78 is 0. The van der Waals surface area contributed by atoms with Gasteiger partial charge in [0.15, 0.2) is 0 Å². The number of nitrogens with zero attached hydrogens (tertiary/aromatic N) is 2. The molecular formula is C8H5N2Y5-. The van der Waals surface area contributed by atoms with Crippen molar-refractivity contribution in [2.45, 2.75) is 0 Å². The van der Waals surface area contributed by atoms with Crippen molar-refractivity contribution in [3.05, 3.63) is 36.7 Å². The molecule has 0 bridgehead atoms. The first-order chi connectivity index (χ1) is 4.97. The Balaban J connectivity index is -0.000000121. The molecule has 0 saturated carbocycles. The number of fused-ring (bicyclic) bond motifs is 1. The summed E-state index contributed by atoms with van der Waals surface area (Å²) in [6, 6.07) is 7.72. The van der Waals surface area contributed by atoms with E-state index in [0.29, 0.717) is 0 Å². The zero-order valence-corrected chi connectivity index (χ0v) is 22.4. The molecule has 15 heavy (non-hydrogen) atoms. The third-order valence-corrected chi connectivity index (χ3v) is 1.33. The zero-order valence-electron chi connectivity index (χ0n) is 8.17. The number of benzene rings is 1. The van der Waals surface area contributed by atoms with Crippen LogP contribution in [0, 0.1) is 6.20 Å². The second-order valence-corrected chi connectivity index (χ2v) is 1.99. The fraction of sp³-hybridized carbons (Fsp3) is 0. The molecule has 0 fully saturated rings. The van der Waals surface area contributed by atoms with Crippen molar-refractivity contribution in [3.63, 3.8) is 0 Å². The van der Waals surface area contributed by atoms with Crippen LogP contribution in [0.25, 0.3) is 11.0 Å². The fourth-order valence-electron chi connectivity index (χ4n) is 0.865. The minimum Gasteiger partial charge on any atom is -0.448 e. The minimum atomic E-state index is 0. The first-order valence-electron chi connectivity index (χ1n) is 3.05. The van der Waals surface area contributed by atoms with Gasteiger partial charge < -0.3 is 4.98 Å². The van der Waals surface area contributed by atoms with E-state index in [0.717, 1.165) is 11.0 Å². The molecule has 0 aliphatic rings. The van der Waals surface area contributed by atoms with Crippen molar-refractivity contribution in [3.8, 4) is 0 Å². The number of hydrogen-bond donors (Lipinski definition) is 0. The van der Waals surface area contributed by atoms with Crippen molar-refractivity contribution < 1.29 is 164 Å². The van der Waals surface area contributed by atoms with Gasteiger partial charge in [-0.15, -0.1) is 12.3 Å². The van der Waals surface area contributed by atoms with Crippen LogP contribution in [0.4, 0.5) is 0 Å². The molecule has 2 rings (SSSR count). The summed E-state index contributed by atoms with van der Waals surface area (Å²) in [6.07, 6.45) is 4.25. The predicted molar refractivity (Wildman–Crippen MR) is 38.4 cm³/mol. The van der Waals surface area contributed by atoms with Gasteiger partial charge in [0.25, 0.3) is 0 Å². The van der Waals surface area contributed by atoms with Crippen LogP contribution in [0.2, 0.25) is 0 Å². The Morgan fingerprint density at radius 1 is 0.800 bits per heavy atom. The smallest absolute Gasteiger partial charge is 0.00478 e.